The van der Waals surface area contributed by atoms with Crippen molar-refractivity contribution in [1.82, 2.24) is 10.2 Å². The molecule has 1 aliphatic heterocycles. The number of nitrogens with one attached hydrogen (secondary N) is 2. The zero-order chi connectivity index (χ0) is 15.4. The van der Waals surface area contributed by atoms with Crippen LogP contribution in [0.2, 0.25) is 0 Å². The molecule has 0 radical (unpaired) electrons. The number of anilines is 1. The van der Waals surface area contributed by atoms with E-state index >= 15 is 0 Å². The van der Waals surface area contributed by atoms with Gasteiger partial charge in [-0.15, -0.1) is 0 Å². The van der Waals surface area contributed by atoms with Gasteiger partial charge in [-0.3, -0.25) is 4.79 Å². The first-order chi connectivity index (χ1) is 9.99. The molecule has 0 saturated carbocycles. The molecule has 6 nitrogen and oxygen atoms in total. The Bertz CT molecular complexity index is 544. The van der Waals surface area contributed by atoms with Crippen LogP contribution >= 0.6 is 0 Å². The van der Waals surface area contributed by atoms with E-state index in [0.29, 0.717) is 13.1 Å². The van der Waals surface area contributed by atoms with Crippen LogP contribution in [0.4, 0.5) is 14.9 Å². The Morgan fingerprint density at radius 3 is 2.81 bits per heavy atom. The summed E-state index contributed by atoms with van der Waals surface area (Å²) in [4.78, 5) is 24.4. The Labute approximate surface area is 122 Å². The Kier molecular flexibility index (Phi) is 4.74. The smallest absolute Gasteiger partial charge is 0.322 e. The molecule has 0 bridgehead atoms. The molecule has 0 aliphatic carbocycles. The minimum Gasteiger partial charge on any atom is -0.365 e. The molecule has 1 aliphatic rings. The van der Waals surface area contributed by atoms with Gasteiger partial charge in [0.1, 0.15) is 12.4 Å². The Morgan fingerprint density at radius 2 is 2.14 bits per heavy atom. The lowest BCUT2D eigenvalue weighted by Gasteiger charge is -2.38. The number of urea groups is 1. The quantitative estimate of drug-likeness (QED) is 0.874. The first kappa shape index (κ1) is 15.2. The first-order valence-corrected chi connectivity index (χ1v) is 6.64. The molecule has 0 atom stereocenters. The van der Waals surface area contributed by atoms with Gasteiger partial charge in [-0.2, -0.15) is 0 Å². The number of benzene rings is 1. The summed E-state index contributed by atoms with van der Waals surface area (Å²) in [6.07, 6.45) is -0.157. The third kappa shape index (κ3) is 3.91. The summed E-state index contributed by atoms with van der Waals surface area (Å²) in [5, 5.41) is 4.97. The molecule has 3 amide bonds. The van der Waals surface area contributed by atoms with E-state index in [1.54, 1.807) is 12.1 Å². The summed E-state index contributed by atoms with van der Waals surface area (Å²) < 4.78 is 18.8. The summed E-state index contributed by atoms with van der Waals surface area (Å²) in [6.45, 7) is 2.57. The topological polar surface area (TPSA) is 70.7 Å². The second-order valence-corrected chi connectivity index (χ2v) is 4.92. The summed E-state index contributed by atoms with van der Waals surface area (Å²) in [7, 11) is 1.53. The molecule has 1 heterocycles. The van der Waals surface area contributed by atoms with Gasteiger partial charge in [0.2, 0.25) is 5.91 Å². The van der Waals surface area contributed by atoms with Crippen LogP contribution in [0.15, 0.2) is 18.2 Å². The highest BCUT2D eigenvalue weighted by Crippen LogP contribution is 2.18. The van der Waals surface area contributed by atoms with Crippen LogP contribution in [0.3, 0.4) is 0 Å². The van der Waals surface area contributed by atoms with Gasteiger partial charge < -0.3 is 20.3 Å². The molecular formula is C14H18FN3O3. The standard InChI is InChI=1S/C14H18FN3O3/c1-9-3-4-11(15)12(5-9)17-14(20)18-6-10(7-18)21-8-13(19)16-2/h3-5,10H,6-8H2,1-2H3,(H,16,19)(H,17,20). The number of rotatable bonds is 4. The molecule has 0 spiro atoms. The average molecular weight is 295 g/mol. The minimum atomic E-state index is -0.470. The van der Waals surface area contributed by atoms with Crippen LogP contribution in [0, 0.1) is 12.7 Å². The molecule has 0 unspecified atom stereocenters. The number of likely N-dealkylation sites (tertiary alicyclic amines) is 1. The van der Waals surface area contributed by atoms with Crippen LogP contribution in [-0.2, 0) is 9.53 Å². The number of carbonyl (C=O) groups excluding carboxylic acids is 2. The van der Waals surface area contributed by atoms with Gasteiger partial charge in [-0.25, -0.2) is 9.18 Å². The zero-order valence-corrected chi connectivity index (χ0v) is 12.0. The monoisotopic (exact) mass is 295 g/mol. The number of likely N-dealkylation sites (N-methyl/N-ethyl adjacent to an activating group) is 1. The lowest BCUT2D eigenvalue weighted by molar-refractivity contribution is -0.130. The highest BCUT2D eigenvalue weighted by molar-refractivity contribution is 5.90. The maximum Gasteiger partial charge on any atom is 0.322 e. The first-order valence-electron chi connectivity index (χ1n) is 6.64. The molecule has 0 aromatic heterocycles. The van der Waals surface area contributed by atoms with E-state index in [9.17, 15) is 14.0 Å². The number of carbonyl (C=O) groups is 2. The number of aryl methyl sites for hydroxylation is 1. The lowest BCUT2D eigenvalue weighted by Crippen LogP contribution is -2.56. The SMILES string of the molecule is CNC(=O)COC1CN(C(=O)Nc2cc(C)ccc2F)C1. The second kappa shape index (κ2) is 6.53. The van der Waals surface area contributed by atoms with Crippen LogP contribution < -0.4 is 10.6 Å². The van der Waals surface area contributed by atoms with Gasteiger partial charge in [0.15, 0.2) is 0 Å². The average Bonchev–Trinajstić information content (AvgIpc) is 2.40. The predicted molar refractivity (Wildman–Crippen MR) is 75.5 cm³/mol. The van der Waals surface area contributed by atoms with E-state index in [2.05, 4.69) is 10.6 Å². The highest BCUT2D eigenvalue weighted by atomic mass is 19.1. The molecule has 114 valence electrons. The number of hydrogen-bond acceptors (Lipinski definition) is 3. The second-order valence-electron chi connectivity index (χ2n) is 4.92. The van der Waals surface area contributed by atoms with Gasteiger partial charge in [-0.05, 0) is 24.6 Å². The molecule has 1 saturated heterocycles. The molecule has 1 fully saturated rings. The molecule has 2 rings (SSSR count). The third-order valence-electron chi connectivity index (χ3n) is 3.23. The lowest BCUT2D eigenvalue weighted by atomic mass is 10.2. The maximum atomic E-state index is 13.5. The largest absolute Gasteiger partial charge is 0.365 e. The maximum absolute atomic E-state index is 13.5. The summed E-state index contributed by atoms with van der Waals surface area (Å²) in [5.41, 5.74) is 1.02. The Balaban J connectivity index is 1.79. The molecular weight excluding hydrogens is 277 g/mol. The molecule has 7 heteroatoms. The summed E-state index contributed by atoms with van der Waals surface area (Å²) in [6, 6.07) is 4.15. The number of hydrogen-bond donors (Lipinski definition) is 2. The zero-order valence-electron chi connectivity index (χ0n) is 12.0. The van der Waals surface area contributed by atoms with Crippen molar-refractivity contribution in [3.8, 4) is 0 Å². The fraction of sp³-hybridized carbons (Fsp3) is 0.429. The van der Waals surface area contributed by atoms with E-state index in [1.165, 1.54) is 18.0 Å². The molecule has 2 N–H and O–H groups in total. The normalized spacial score (nSPS) is 14.5. The van der Waals surface area contributed by atoms with Crippen molar-refractivity contribution in [3.63, 3.8) is 0 Å². The molecule has 1 aromatic rings. The predicted octanol–water partition coefficient (Wildman–Crippen LogP) is 1.11. The van der Waals surface area contributed by atoms with Crippen LogP contribution in [0.5, 0.6) is 0 Å². The fourth-order valence-electron chi connectivity index (χ4n) is 1.90. The number of nitrogens with zero attached hydrogens (tertiary/aromatic N) is 1. The third-order valence-corrected chi connectivity index (χ3v) is 3.23. The van der Waals surface area contributed by atoms with Gasteiger partial charge >= 0.3 is 6.03 Å². The van der Waals surface area contributed by atoms with Crippen LogP contribution in [0.25, 0.3) is 0 Å². The summed E-state index contributed by atoms with van der Waals surface area (Å²) >= 11 is 0. The van der Waals surface area contributed by atoms with E-state index < -0.39 is 5.82 Å². The van der Waals surface area contributed by atoms with Crippen molar-refractivity contribution >= 4 is 17.6 Å². The van der Waals surface area contributed by atoms with E-state index in [4.69, 9.17) is 4.74 Å². The Morgan fingerprint density at radius 1 is 1.43 bits per heavy atom. The van der Waals surface area contributed by atoms with Gasteiger partial charge in [-0.1, -0.05) is 6.07 Å². The van der Waals surface area contributed by atoms with Crippen molar-refractivity contribution < 1.29 is 18.7 Å². The van der Waals surface area contributed by atoms with Crippen molar-refractivity contribution in [2.45, 2.75) is 13.0 Å². The fourth-order valence-corrected chi connectivity index (χ4v) is 1.90. The van der Waals surface area contributed by atoms with Crippen molar-refractivity contribution in [2.75, 3.05) is 32.1 Å². The summed E-state index contributed by atoms with van der Waals surface area (Å²) in [5.74, 6) is -0.679. The van der Waals surface area contributed by atoms with E-state index in [0.717, 1.165) is 5.56 Å². The van der Waals surface area contributed by atoms with Gasteiger partial charge in [0.25, 0.3) is 0 Å². The van der Waals surface area contributed by atoms with Crippen molar-refractivity contribution in [2.24, 2.45) is 0 Å². The number of ether oxygens (including phenoxy) is 1. The molecule has 21 heavy (non-hydrogen) atoms. The number of halogens is 1. The minimum absolute atomic E-state index is 0.0247. The van der Waals surface area contributed by atoms with E-state index in [1.807, 2.05) is 6.92 Å². The van der Waals surface area contributed by atoms with E-state index in [-0.39, 0.29) is 30.3 Å². The highest BCUT2D eigenvalue weighted by Gasteiger charge is 2.32. The van der Waals surface area contributed by atoms with Gasteiger partial charge in [0, 0.05) is 7.05 Å². The van der Waals surface area contributed by atoms with Crippen molar-refractivity contribution in [3.05, 3.63) is 29.6 Å². The van der Waals surface area contributed by atoms with Gasteiger partial charge in [0.05, 0.1) is 24.9 Å². The Hall–Kier alpha value is -2.15. The number of amides is 3. The molecule has 1 aromatic carbocycles. The van der Waals surface area contributed by atoms with Crippen LogP contribution in [-0.4, -0.2) is 49.7 Å². The van der Waals surface area contributed by atoms with Crippen LogP contribution in [0.1, 0.15) is 5.56 Å². The van der Waals surface area contributed by atoms with Crippen molar-refractivity contribution in [1.29, 1.82) is 0 Å².